The fourth-order valence-corrected chi connectivity index (χ4v) is 7.63. The first kappa shape index (κ1) is 41.8. The van der Waals surface area contributed by atoms with Gasteiger partial charge in [-0.3, -0.25) is 0 Å². The van der Waals surface area contributed by atoms with Crippen LogP contribution in [0.3, 0.4) is 0 Å². The molecule has 0 aliphatic carbocycles. The number of hydrogen-bond donors (Lipinski definition) is 0. The van der Waals surface area contributed by atoms with Gasteiger partial charge in [-0.15, -0.1) is 16.7 Å². The summed E-state index contributed by atoms with van der Waals surface area (Å²) < 4.78 is 0. The number of aryl methyl sites for hydroxylation is 3. The average molecular weight is 686 g/mol. The number of halogens is 3. The molecule has 1 unspecified atom stereocenters. The van der Waals surface area contributed by atoms with Gasteiger partial charge in [0.1, 0.15) is 0 Å². The van der Waals surface area contributed by atoms with Crippen LogP contribution in [0.4, 0.5) is 0 Å². The predicted molar refractivity (Wildman–Crippen MR) is 173 cm³/mol. The molecule has 43 heavy (non-hydrogen) atoms. The van der Waals surface area contributed by atoms with Crippen molar-refractivity contribution in [1.82, 2.24) is 0 Å². The third-order valence-electron chi connectivity index (χ3n) is 8.32. The minimum atomic E-state index is 0. The largest absolute Gasteiger partial charge is 4.00 e. The molecule has 228 valence electrons. The summed E-state index contributed by atoms with van der Waals surface area (Å²) in [6.07, 6.45) is 0. The molecule has 0 aliphatic rings. The molecule has 0 nitrogen and oxygen atoms in total. The molecule has 0 aromatic heterocycles. The van der Waals surface area contributed by atoms with Crippen molar-refractivity contribution in [3.8, 4) is 11.1 Å². The molecule has 0 heterocycles. The van der Waals surface area contributed by atoms with Crippen LogP contribution in [0.1, 0.15) is 103 Å². The summed E-state index contributed by atoms with van der Waals surface area (Å²) >= 11 is 0. The molecule has 0 saturated heterocycles. The molecule has 0 aliphatic heterocycles. The second-order valence-electron chi connectivity index (χ2n) is 13.8. The van der Waals surface area contributed by atoms with Gasteiger partial charge in [-0.1, -0.05) is 167 Å². The van der Waals surface area contributed by atoms with Crippen LogP contribution in [0.5, 0.6) is 0 Å². The first-order valence-electron chi connectivity index (χ1n) is 14.4. The fourth-order valence-electron chi connectivity index (χ4n) is 5.83. The van der Waals surface area contributed by atoms with Crippen LogP contribution < -0.4 is 42.4 Å². The predicted octanol–water partition coefficient (Wildman–Crippen LogP) is 0.647. The molecular weight excluding hydrogens is 639 g/mol. The smallest absolute Gasteiger partial charge is 1.00 e. The van der Waals surface area contributed by atoms with E-state index in [4.69, 9.17) is 0 Å². The summed E-state index contributed by atoms with van der Waals surface area (Å²) in [4.78, 5) is 0. The van der Waals surface area contributed by atoms with Gasteiger partial charge >= 0.3 is 21.7 Å². The summed E-state index contributed by atoms with van der Waals surface area (Å²) in [7, 11) is 0.660. The van der Waals surface area contributed by atoms with E-state index >= 15 is 0 Å². The maximum Gasteiger partial charge on any atom is 4.00 e. The SMILES string of the molecule is Cc1cc(C)cc([Si]C(c2cccc(C)c2)[c-]2c(C)c(C)c(C)c2-c2cc(C(C)(C)C)cc(C(C)(C)C)c2)c1.[Cl-].[Cl-].[Cl-].[Ti+4]. The Kier molecular flexibility index (Phi) is 15.4. The van der Waals surface area contributed by atoms with Crippen LogP contribution in [-0.4, -0.2) is 9.52 Å². The first-order chi connectivity index (χ1) is 18.1. The normalized spacial score (nSPS) is 11.9. The molecule has 0 saturated carbocycles. The summed E-state index contributed by atoms with van der Waals surface area (Å²) in [5, 5.41) is 1.44. The van der Waals surface area contributed by atoms with Gasteiger partial charge in [0.05, 0.1) is 9.52 Å². The average Bonchev–Trinajstić information content (AvgIpc) is 3.04. The second-order valence-corrected chi connectivity index (χ2v) is 15.3. The molecule has 2 radical (unpaired) electrons. The van der Waals surface area contributed by atoms with Crippen molar-refractivity contribution in [1.29, 1.82) is 0 Å². The van der Waals surface area contributed by atoms with Crippen LogP contribution in [0.2, 0.25) is 0 Å². The molecule has 0 N–H and O–H groups in total. The third kappa shape index (κ3) is 9.41. The standard InChI is InChI=1S/C38H47Si.3ClH.Ti/c1-23-14-13-15-29(17-23)36(39-33-18-24(2)16-25(3)19-33)35-28(6)26(4)27(5)34(35)30-20-31(37(7,8)9)22-32(21-30)38(10,11)12;;;;/h13-22,36H,1-12H3;3*1H;/q-1;;;;+4/p-3. The van der Waals surface area contributed by atoms with Gasteiger partial charge in [0, 0.05) is 0 Å². The van der Waals surface area contributed by atoms with Crippen LogP contribution in [0, 0.1) is 41.5 Å². The Labute approximate surface area is 298 Å². The van der Waals surface area contributed by atoms with Crippen molar-refractivity contribution >= 4 is 14.7 Å². The van der Waals surface area contributed by atoms with Crippen LogP contribution >= 0.6 is 0 Å². The fraction of sp³-hybridized carbons (Fsp3) is 0.395. The summed E-state index contributed by atoms with van der Waals surface area (Å²) in [6.45, 7) is 27.7. The quantitative estimate of drug-likeness (QED) is 0.214. The van der Waals surface area contributed by atoms with E-state index in [1.54, 1.807) is 0 Å². The van der Waals surface area contributed by atoms with Gasteiger partial charge in [-0.25, -0.2) is 0 Å². The van der Waals surface area contributed by atoms with Crippen molar-refractivity contribution in [2.24, 2.45) is 0 Å². The zero-order chi connectivity index (χ0) is 28.9. The summed E-state index contributed by atoms with van der Waals surface area (Å²) in [5.41, 5.74) is 17.4. The molecule has 0 spiro atoms. The minimum Gasteiger partial charge on any atom is -1.00 e. The molecule has 0 bridgehead atoms. The molecule has 4 rings (SSSR count). The van der Waals surface area contributed by atoms with E-state index < -0.39 is 0 Å². The van der Waals surface area contributed by atoms with Gasteiger partial charge in [-0.05, 0) is 37.1 Å². The molecule has 0 amide bonds. The van der Waals surface area contributed by atoms with Crippen molar-refractivity contribution in [3.05, 3.63) is 116 Å². The zero-order valence-electron chi connectivity index (χ0n) is 28.0. The van der Waals surface area contributed by atoms with E-state index in [0.717, 1.165) is 0 Å². The summed E-state index contributed by atoms with van der Waals surface area (Å²) in [6, 6.07) is 23.7. The van der Waals surface area contributed by atoms with Gasteiger partial charge < -0.3 is 37.2 Å². The number of rotatable bonds is 5. The van der Waals surface area contributed by atoms with Gasteiger partial charge in [0.15, 0.2) is 0 Å². The van der Waals surface area contributed by atoms with E-state index in [-0.39, 0.29) is 69.8 Å². The van der Waals surface area contributed by atoms with Gasteiger partial charge in [-0.2, -0.15) is 11.1 Å². The number of benzene rings is 3. The van der Waals surface area contributed by atoms with Crippen LogP contribution in [0.15, 0.2) is 60.7 Å². The van der Waals surface area contributed by atoms with E-state index in [1.807, 2.05) is 0 Å². The Morgan fingerprint density at radius 3 is 1.58 bits per heavy atom. The molecule has 4 aromatic rings. The molecule has 4 aromatic carbocycles. The summed E-state index contributed by atoms with van der Waals surface area (Å²) in [5.74, 6) is 0. The number of hydrogen-bond acceptors (Lipinski definition) is 0. The van der Waals surface area contributed by atoms with Crippen LogP contribution in [-0.2, 0) is 32.5 Å². The van der Waals surface area contributed by atoms with Crippen molar-refractivity contribution in [2.45, 2.75) is 99.5 Å². The first-order valence-corrected chi connectivity index (χ1v) is 15.5. The Morgan fingerprint density at radius 2 is 1.12 bits per heavy atom. The van der Waals surface area contributed by atoms with Gasteiger partial charge in [0.2, 0.25) is 0 Å². The Morgan fingerprint density at radius 1 is 0.605 bits per heavy atom. The van der Waals surface area contributed by atoms with Crippen LogP contribution in [0.25, 0.3) is 11.1 Å². The maximum atomic E-state index is 2.48. The van der Waals surface area contributed by atoms with Crippen molar-refractivity contribution in [2.75, 3.05) is 0 Å². The topological polar surface area (TPSA) is 0 Å². The Balaban J connectivity index is 0.00000441. The second kappa shape index (κ2) is 15.9. The maximum absolute atomic E-state index is 2.48. The Bertz CT molecular complexity index is 1470. The molecule has 5 heteroatoms. The monoisotopic (exact) mass is 684 g/mol. The van der Waals surface area contributed by atoms with Crippen molar-refractivity contribution in [3.63, 3.8) is 0 Å². The van der Waals surface area contributed by atoms with E-state index in [2.05, 4.69) is 144 Å². The minimum absolute atomic E-state index is 0. The van der Waals surface area contributed by atoms with Crippen molar-refractivity contribution < 1.29 is 58.9 Å². The van der Waals surface area contributed by atoms with E-state index in [1.165, 1.54) is 71.9 Å². The Hall–Kier alpha value is -1.19. The third-order valence-corrected chi connectivity index (χ3v) is 9.86. The molecule has 0 fully saturated rings. The molecule has 1 atom stereocenters. The van der Waals surface area contributed by atoms with Gasteiger partial charge in [0.25, 0.3) is 0 Å². The zero-order valence-corrected chi connectivity index (χ0v) is 32.8. The molecular formula is C38H47Cl3SiTi. The van der Waals surface area contributed by atoms with E-state index in [9.17, 15) is 0 Å². The van der Waals surface area contributed by atoms with E-state index in [0.29, 0.717) is 15.1 Å².